The molecule has 0 aliphatic carbocycles. The first-order chi connectivity index (χ1) is 8.97. The zero-order valence-corrected chi connectivity index (χ0v) is 10.4. The first kappa shape index (κ1) is 14.6. The number of hydrogen-bond donors (Lipinski definition) is 2. The lowest BCUT2D eigenvalue weighted by atomic mass is 9.98. The Balaban J connectivity index is 2.87. The average Bonchev–Trinajstić information content (AvgIpc) is 2.36. The number of hydrogen-bond acceptors (Lipinski definition) is 3. The minimum Gasteiger partial charge on any atom is -0.368 e. The molecule has 0 saturated carbocycles. The van der Waals surface area contributed by atoms with E-state index in [9.17, 15) is 14.0 Å². The normalized spacial score (nSPS) is 13.1. The third-order valence-electron chi connectivity index (χ3n) is 2.69. The molecule has 1 rings (SSSR count). The van der Waals surface area contributed by atoms with Crippen LogP contribution < -0.4 is 11.1 Å². The van der Waals surface area contributed by atoms with Gasteiger partial charge < -0.3 is 11.1 Å². The molecule has 0 fully saturated rings. The highest BCUT2D eigenvalue weighted by Crippen LogP contribution is 2.10. The largest absolute Gasteiger partial charge is 0.368 e. The summed E-state index contributed by atoms with van der Waals surface area (Å²) in [5.41, 5.74) is 5.01. The van der Waals surface area contributed by atoms with Crippen molar-refractivity contribution < 1.29 is 14.0 Å². The highest BCUT2D eigenvalue weighted by Gasteiger charge is 2.25. The molecule has 19 heavy (non-hydrogen) atoms. The lowest BCUT2D eigenvalue weighted by Crippen LogP contribution is -2.48. The summed E-state index contributed by atoms with van der Waals surface area (Å²) in [4.78, 5) is 23.1. The van der Waals surface area contributed by atoms with Crippen LogP contribution in [0.2, 0.25) is 0 Å². The molecular weight excluding hydrogens is 249 g/mol. The SMILES string of the molecule is C[C@H](CC#N)[C@H](NC(=O)c1ccccc1F)C(N)=O. The molecule has 1 aromatic rings. The smallest absolute Gasteiger partial charge is 0.254 e. The number of rotatable bonds is 5. The van der Waals surface area contributed by atoms with Crippen LogP contribution in [-0.2, 0) is 4.79 Å². The molecule has 0 aromatic heterocycles. The summed E-state index contributed by atoms with van der Waals surface area (Å²) in [6, 6.07) is 6.30. The molecule has 2 amide bonds. The first-order valence-electron chi connectivity index (χ1n) is 5.69. The minimum atomic E-state index is -1.01. The van der Waals surface area contributed by atoms with Crippen molar-refractivity contribution in [2.45, 2.75) is 19.4 Å². The van der Waals surface area contributed by atoms with E-state index in [1.807, 2.05) is 6.07 Å². The molecule has 5 nitrogen and oxygen atoms in total. The third kappa shape index (κ3) is 3.78. The van der Waals surface area contributed by atoms with Gasteiger partial charge in [-0.05, 0) is 18.1 Å². The number of nitriles is 1. The molecule has 3 N–H and O–H groups in total. The van der Waals surface area contributed by atoms with Gasteiger partial charge in [0.1, 0.15) is 11.9 Å². The van der Waals surface area contributed by atoms with Crippen molar-refractivity contribution in [3.63, 3.8) is 0 Å². The number of primary amides is 1. The van der Waals surface area contributed by atoms with Gasteiger partial charge in [0.25, 0.3) is 5.91 Å². The van der Waals surface area contributed by atoms with Crippen LogP contribution in [0.25, 0.3) is 0 Å². The van der Waals surface area contributed by atoms with Crippen LogP contribution in [0, 0.1) is 23.1 Å². The third-order valence-corrected chi connectivity index (χ3v) is 2.69. The Hall–Kier alpha value is -2.42. The van der Waals surface area contributed by atoms with E-state index in [0.717, 1.165) is 6.07 Å². The number of carbonyl (C=O) groups excluding carboxylic acids is 2. The molecule has 0 unspecified atom stereocenters. The topological polar surface area (TPSA) is 96.0 Å². The standard InChI is InChI=1S/C13H14FN3O2/c1-8(6-7-15)11(12(16)18)17-13(19)9-4-2-3-5-10(9)14/h2-5,8,11H,6H2,1H3,(H2,16,18)(H,17,19)/t8-,11+/m1/s1. The molecule has 0 aliphatic rings. The van der Waals surface area contributed by atoms with E-state index in [1.165, 1.54) is 18.2 Å². The van der Waals surface area contributed by atoms with Gasteiger partial charge in [-0.2, -0.15) is 5.26 Å². The molecule has 6 heteroatoms. The zero-order valence-electron chi connectivity index (χ0n) is 10.4. The van der Waals surface area contributed by atoms with Crippen molar-refractivity contribution in [3.8, 4) is 6.07 Å². The summed E-state index contributed by atoms with van der Waals surface area (Å²) in [5, 5.41) is 10.9. The van der Waals surface area contributed by atoms with Crippen LogP contribution in [0.3, 0.4) is 0 Å². The van der Waals surface area contributed by atoms with Gasteiger partial charge in [0.05, 0.1) is 11.6 Å². The lowest BCUT2D eigenvalue weighted by molar-refractivity contribution is -0.120. The van der Waals surface area contributed by atoms with E-state index in [0.29, 0.717) is 0 Å². The average molecular weight is 263 g/mol. The second-order valence-electron chi connectivity index (χ2n) is 4.17. The first-order valence-corrected chi connectivity index (χ1v) is 5.69. The summed E-state index contributed by atoms with van der Waals surface area (Å²) < 4.78 is 13.4. The van der Waals surface area contributed by atoms with Gasteiger partial charge >= 0.3 is 0 Å². The highest BCUT2D eigenvalue weighted by atomic mass is 19.1. The van der Waals surface area contributed by atoms with Crippen molar-refractivity contribution in [3.05, 3.63) is 35.6 Å². The summed E-state index contributed by atoms with van der Waals surface area (Å²) in [5.74, 6) is -2.62. The van der Waals surface area contributed by atoms with E-state index in [4.69, 9.17) is 11.0 Å². The van der Waals surface area contributed by atoms with Gasteiger partial charge in [0, 0.05) is 6.42 Å². The van der Waals surface area contributed by atoms with E-state index >= 15 is 0 Å². The Morgan fingerprint density at radius 1 is 1.47 bits per heavy atom. The van der Waals surface area contributed by atoms with Crippen LogP contribution in [0.5, 0.6) is 0 Å². The minimum absolute atomic E-state index is 0.0607. The van der Waals surface area contributed by atoms with E-state index in [2.05, 4.69) is 5.32 Å². The van der Waals surface area contributed by atoms with Crippen molar-refractivity contribution in [1.29, 1.82) is 5.26 Å². The quantitative estimate of drug-likeness (QED) is 0.828. The molecule has 0 spiro atoms. The van der Waals surface area contributed by atoms with Gasteiger partial charge in [-0.25, -0.2) is 4.39 Å². The number of amides is 2. The van der Waals surface area contributed by atoms with Crippen LogP contribution in [0.4, 0.5) is 4.39 Å². The van der Waals surface area contributed by atoms with Gasteiger partial charge in [0.15, 0.2) is 0 Å². The molecule has 2 atom stereocenters. The summed E-state index contributed by atoms with van der Waals surface area (Å²) in [6.07, 6.45) is 0.0607. The predicted molar refractivity (Wildman–Crippen MR) is 66.2 cm³/mol. The molecule has 0 saturated heterocycles. The van der Waals surface area contributed by atoms with E-state index in [1.54, 1.807) is 6.92 Å². The fraction of sp³-hybridized carbons (Fsp3) is 0.308. The van der Waals surface area contributed by atoms with Crippen molar-refractivity contribution in [2.24, 2.45) is 11.7 Å². The predicted octanol–water partition coefficient (Wildman–Crippen LogP) is 0.959. The van der Waals surface area contributed by atoms with Gasteiger partial charge in [-0.15, -0.1) is 0 Å². The highest BCUT2D eigenvalue weighted by molar-refractivity contribution is 5.97. The summed E-state index contributed by atoms with van der Waals surface area (Å²) in [7, 11) is 0. The van der Waals surface area contributed by atoms with E-state index < -0.39 is 29.6 Å². The molecule has 0 heterocycles. The van der Waals surface area contributed by atoms with Crippen LogP contribution in [-0.4, -0.2) is 17.9 Å². The van der Waals surface area contributed by atoms with Crippen LogP contribution >= 0.6 is 0 Å². The van der Waals surface area contributed by atoms with Gasteiger partial charge in [0.2, 0.25) is 5.91 Å². The molecule has 100 valence electrons. The summed E-state index contributed by atoms with van der Waals surface area (Å²) in [6.45, 7) is 1.61. The maximum Gasteiger partial charge on any atom is 0.254 e. The number of nitrogens with zero attached hydrogens (tertiary/aromatic N) is 1. The maximum absolute atomic E-state index is 13.4. The number of halogens is 1. The Labute approximate surface area is 110 Å². The summed E-state index contributed by atoms with van der Waals surface area (Å²) >= 11 is 0. The Bertz CT molecular complexity index is 525. The van der Waals surface area contributed by atoms with Crippen LogP contribution in [0.1, 0.15) is 23.7 Å². The fourth-order valence-electron chi connectivity index (χ4n) is 1.62. The molecule has 0 bridgehead atoms. The fourth-order valence-corrected chi connectivity index (χ4v) is 1.62. The zero-order chi connectivity index (χ0) is 14.4. The number of nitrogens with one attached hydrogen (secondary N) is 1. The Morgan fingerprint density at radius 2 is 2.11 bits per heavy atom. The molecule has 0 aliphatic heterocycles. The second kappa shape index (κ2) is 6.50. The number of carbonyl (C=O) groups is 2. The monoisotopic (exact) mass is 263 g/mol. The number of nitrogens with two attached hydrogens (primary N) is 1. The Kier molecular flexibility index (Phi) is 5.01. The van der Waals surface area contributed by atoms with E-state index in [-0.39, 0.29) is 12.0 Å². The number of benzene rings is 1. The Morgan fingerprint density at radius 3 is 2.63 bits per heavy atom. The molecular formula is C13H14FN3O2. The van der Waals surface area contributed by atoms with Crippen molar-refractivity contribution in [2.75, 3.05) is 0 Å². The van der Waals surface area contributed by atoms with Gasteiger partial charge in [-0.1, -0.05) is 19.1 Å². The van der Waals surface area contributed by atoms with Gasteiger partial charge in [-0.3, -0.25) is 9.59 Å². The van der Waals surface area contributed by atoms with Crippen molar-refractivity contribution >= 4 is 11.8 Å². The maximum atomic E-state index is 13.4. The van der Waals surface area contributed by atoms with Crippen LogP contribution in [0.15, 0.2) is 24.3 Å². The molecule has 1 aromatic carbocycles. The lowest BCUT2D eigenvalue weighted by Gasteiger charge is -2.20. The molecule has 0 radical (unpaired) electrons. The second-order valence-corrected chi connectivity index (χ2v) is 4.17. The van der Waals surface area contributed by atoms with Crippen molar-refractivity contribution in [1.82, 2.24) is 5.32 Å².